The number of thioether (sulfide) groups is 2. The van der Waals surface area contributed by atoms with E-state index in [2.05, 4.69) is 61.6 Å². The van der Waals surface area contributed by atoms with Crippen LogP contribution >= 0.6 is 23.5 Å². The van der Waals surface area contributed by atoms with Crippen molar-refractivity contribution in [2.75, 3.05) is 11.5 Å². The van der Waals surface area contributed by atoms with Gasteiger partial charge in [0.15, 0.2) is 0 Å². The van der Waals surface area contributed by atoms with Crippen LogP contribution in [-0.4, -0.2) is 11.5 Å². The Morgan fingerprint density at radius 3 is 2.53 bits per heavy atom. The molecule has 1 aliphatic carbocycles. The van der Waals surface area contributed by atoms with Gasteiger partial charge in [0, 0.05) is 4.24 Å². The highest BCUT2D eigenvalue weighted by atomic mass is 32.2. The van der Waals surface area contributed by atoms with Crippen molar-refractivity contribution in [1.82, 2.24) is 0 Å². The molecule has 0 aromatic heterocycles. The second-order valence-electron chi connectivity index (χ2n) is 5.43. The molecule has 0 unspecified atom stereocenters. The lowest BCUT2D eigenvalue weighted by Crippen LogP contribution is -2.11. The van der Waals surface area contributed by atoms with Gasteiger partial charge in [-0.15, -0.1) is 23.5 Å². The van der Waals surface area contributed by atoms with E-state index in [0.717, 1.165) is 0 Å². The highest BCUT2D eigenvalue weighted by Gasteiger charge is 2.36. The van der Waals surface area contributed by atoms with Crippen molar-refractivity contribution in [3.05, 3.63) is 39.6 Å². The molecule has 1 aromatic carbocycles. The van der Waals surface area contributed by atoms with Gasteiger partial charge in [-0.3, -0.25) is 0 Å². The van der Waals surface area contributed by atoms with Crippen LogP contribution in [0.2, 0.25) is 0 Å². The Balaban J connectivity index is 2.13. The molecular formula is C15H18S2. The molecule has 2 heteroatoms. The Kier molecular flexibility index (Phi) is 3.04. The Morgan fingerprint density at radius 2 is 1.76 bits per heavy atom. The number of allylic oxidation sites excluding steroid dienone is 1. The van der Waals surface area contributed by atoms with Crippen molar-refractivity contribution in [2.24, 2.45) is 5.41 Å². The van der Waals surface area contributed by atoms with Crippen LogP contribution in [0.15, 0.2) is 28.5 Å². The fraction of sp³-hybridized carbons (Fsp3) is 0.467. The van der Waals surface area contributed by atoms with Gasteiger partial charge in [0.2, 0.25) is 0 Å². The molecule has 0 nitrogen and oxygen atoms in total. The number of hydrogen-bond donors (Lipinski definition) is 0. The average Bonchev–Trinajstić information content (AvgIpc) is 2.60. The van der Waals surface area contributed by atoms with E-state index in [9.17, 15) is 0 Å². The molecule has 1 heterocycles. The largest absolute Gasteiger partial charge is 0.119 e. The third kappa shape index (κ3) is 2.06. The summed E-state index contributed by atoms with van der Waals surface area (Å²) in [6.45, 7) is 4.79. The summed E-state index contributed by atoms with van der Waals surface area (Å²) < 4.78 is 1.59. The molecule has 17 heavy (non-hydrogen) atoms. The predicted molar refractivity (Wildman–Crippen MR) is 80.4 cm³/mol. The monoisotopic (exact) mass is 262 g/mol. The number of hydrogen-bond acceptors (Lipinski definition) is 2. The summed E-state index contributed by atoms with van der Waals surface area (Å²) in [6.07, 6.45) is 2.55. The average molecular weight is 262 g/mol. The van der Waals surface area contributed by atoms with Gasteiger partial charge in [-0.2, -0.15) is 0 Å². The fourth-order valence-corrected chi connectivity index (χ4v) is 5.83. The van der Waals surface area contributed by atoms with Crippen LogP contribution < -0.4 is 0 Å². The molecule has 2 aliphatic rings. The van der Waals surface area contributed by atoms with Crippen LogP contribution in [-0.2, 0) is 6.42 Å². The maximum atomic E-state index is 2.39. The Labute approximate surface area is 112 Å². The van der Waals surface area contributed by atoms with Crippen molar-refractivity contribution in [1.29, 1.82) is 0 Å². The molecule has 1 fully saturated rings. The fourth-order valence-electron chi connectivity index (χ4n) is 2.81. The molecule has 0 bridgehead atoms. The van der Waals surface area contributed by atoms with Gasteiger partial charge in [0.25, 0.3) is 0 Å². The van der Waals surface area contributed by atoms with Crippen LogP contribution in [0.4, 0.5) is 0 Å². The Hall–Kier alpha value is -0.340. The Bertz CT molecular complexity index is 464. The molecule has 1 aliphatic heterocycles. The van der Waals surface area contributed by atoms with E-state index in [4.69, 9.17) is 0 Å². The summed E-state index contributed by atoms with van der Waals surface area (Å²) in [6, 6.07) is 8.95. The summed E-state index contributed by atoms with van der Waals surface area (Å²) in [5.41, 5.74) is 4.97. The van der Waals surface area contributed by atoms with Crippen molar-refractivity contribution in [2.45, 2.75) is 26.7 Å². The van der Waals surface area contributed by atoms with E-state index >= 15 is 0 Å². The second kappa shape index (κ2) is 4.40. The molecule has 0 atom stereocenters. The lowest BCUT2D eigenvalue weighted by Gasteiger charge is -2.25. The van der Waals surface area contributed by atoms with Gasteiger partial charge in [0.05, 0.1) is 0 Å². The molecule has 90 valence electrons. The van der Waals surface area contributed by atoms with Crippen molar-refractivity contribution < 1.29 is 0 Å². The highest BCUT2D eigenvalue weighted by molar-refractivity contribution is 8.23. The minimum atomic E-state index is 0.316. The summed E-state index contributed by atoms with van der Waals surface area (Å²) in [5.74, 6) is 2.59. The van der Waals surface area contributed by atoms with Crippen molar-refractivity contribution in [3.8, 4) is 0 Å². The number of benzene rings is 1. The number of rotatable bonds is 0. The zero-order valence-electron chi connectivity index (χ0n) is 10.5. The molecule has 0 saturated carbocycles. The lowest BCUT2D eigenvalue weighted by atomic mass is 9.86. The molecule has 0 spiro atoms. The van der Waals surface area contributed by atoms with E-state index < -0.39 is 0 Å². The molecule has 1 saturated heterocycles. The standard InChI is InChI=1S/C15H18S2/c1-15(2)10-11-6-3-4-7-12(11)13(15)14-16-8-5-9-17-14/h3-4,6-7H,5,8-10H2,1-2H3. The minimum Gasteiger partial charge on any atom is -0.119 e. The third-order valence-electron chi connectivity index (χ3n) is 3.55. The van der Waals surface area contributed by atoms with E-state index in [1.165, 1.54) is 35.5 Å². The predicted octanol–water partition coefficient (Wildman–Crippen LogP) is 4.81. The summed E-state index contributed by atoms with van der Waals surface area (Å²) >= 11 is 4.14. The maximum absolute atomic E-state index is 2.39. The van der Waals surface area contributed by atoms with Gasteiger partial charge in [-0.05, 0) is 46.5 Å². The molecule has 3 rings (SSSR count). The quantitative estimate of drug-likeness (QED) is 0.658. The van der Waals surface area contributed by atoms with Gasteiger partial charge >= 0.3 is 0 Å². The van der Waals surface area contributed by atoms with Gasteiger partial charge < -0.3 is 0 Å². The summed E-state index contributed by atoms with van der Waals surface area (Å²) in [7, 11) is 0. The van der Waals surface area contributed by atoms with Crippen molar-refractivity contribution >= 4 is 29.1 Å². The Morgan fingerprint density at radius 1 is 1.06 bits per heavy atom. The molecule has 0 amide bonds. The first-order valence-corrected chi connectivity index (χ1v) is 8.24. The molecule has 0 N–H and O–H groups in total. The highest BCUT2D eigenvalue weighted by Crippen LogP contribution is 2.53. The number of fused-ring (bicyclic) bond motifs is 1. The summed E-state index contributed by atoms with van der Waals surface area (Å²) in [5, 5.41) is 0. The van der Waals surface area contributed by atoms with E-state index in [1.54, 1.807) is 9.81 Å². The molecular weight excluding hydrogens is 244 g/mol. The zero-order valence-corrected chi connectivity index (χ0v) is 12.1. The van der Waals surface area contributed by atoms with E-state index in [-0.39, 0.29) is 0 Å². The van der Waals surface area contributed by atoms with Crippen LogP contribution in [0.1, 0.15) is 31.4 Å². The first kappa shape index (κ1) is 11.7. The van der Waals surface area contributed by atoms with Crippen molar-refractivity contribution in [3.63, 3.8) is 0 Å². The normalized spacial score (nSPS) is 22.7. The topological polar surface area (TPSA) is 0 Å². The van der Waals surface area contributed by atoms with Gasteiger partial charge in [-0.25, -0.2) is 0 Å². The molecule has 0 radical (unpaired) electrons. The van der Waals surface area contributed by atoms with Crippen LogP contribution in [0.5, 0.6) is 0 Å². The second-order valence-corrected chi connectivity index (χ2v) is 7.90. The maximum Gasteiger partial charge on any atom is 0.0444 e. The summed E-state index contributed by atoms with van der Waals surface area (Å²) in [4.78, 5) is 0. The third-order valence-corrected chi connectivity index (χ3v) is 6.18. The van der Waals surface area contributed by atoms with Crippen LogP contribution in [0.25, 0.3) is 5.57 Å². The lowest BCUT2D eigenvalue weighted by molar-refractivity contribution is 0.520. The first-order valence-electron chi connectivity index (χ1n) is 6.27. The van der Waals surface area contributed by atoms with E-state index in [0.29, 0.717) is 5.41 Å². The van der Waals surface area contributed by atoms with Gasteiger partial charge in [0.1, 0.15) is 0 Å². The zero-order chi connectivity index (χ0) is 11.9. The smallest absolute Gasteiger partial charge is 0.0444 e. The molecule has 1 aromatic rings. The van der Waals surface area contributed by atoms with E-state index in [1.807, 2.05) is 0 Å². The first-order chi connectivity index (χ1) is 8.18. The minimum absolute atomic E-state index is 0.316. The van der Waals surface area contributed by atoms with Crippen LogP contribution in [0, 0.1) is 5.41 Å². The van der Waals surface area contributed by atoms with Gasteiger partial charge in [-0.1, -0.05) is 38.1 Å². The van der Waals surface area contributed by atoms with Crippen LogP contribution in [0.3, 0.4) is 0 Å². The SMILES string of the molecule is CC1(C)Cc2ccccc2C1=C1SCCCS1.